The first-order valence-electron chi connectivity index (χ1n) is 5.64. The lowest BCUT2D eigenvalue weighted by Crippen LogP contribution is -2.18. The van der Waals surface area contributed by atoms with Gasteiger partial charge in [-0.2, -0.15) is 0 Å². The Labute approximate surface area is 104 Å². The molecule has 0 bridgehead atoms. The van der Waals surface area contributed by atoms with Gasteiger partial charge in [-0.05, 0) is 17.5 Å². The Balaban J connectivity index is 2.11. The van der Waals surface area contributed by atoms with Crippen molar-refractivity contribution in [3.63, 3.8) is 0 Å². The average Bonchev–Trinajstić information content (AvgIpc) is 2.85. The summed E-state index contributed by atoms with van der Waals surface area (Å²) in [5, 5.41) is 11.4. The van der Waals surface area contributed by atoms with Gasteiger partial charge < -0.3 is 10.4 Å². The Morgan fingerprint density at radius 3 is 2.39 bits per heavy atom. The standard InChI is InChI=1S/C13H14FNO3/c1-13(2)9(10(13)12(17)18)11(16)15-8-6-4-3-5-7(8)14/h3-6,9-10H,1-2H3,(H,15,16)(H,17,18)/t9-,10+/m1/s1. The van der Waals surface area contributed by atoms with Crippen molar-refractivity contribution in [1.82, 2.24) is 0 Å². The molecule has 1 aliphatic carbocycles. The van der Waals surface area contributed by atoms with Crippen molar-refractivity contribution in [3.05, 3.63) is 30.1 Å². The number of hydrogen-bond donors (Lipinski definition) is 2. The van der Waals surface area contributed by atoms with Crippen LogP contribution in [0.2, 0.25) is 0 Å². The van der Waals surface area contributed by atoms with Gasteiger partial charge in [0.15, 0.2) is 0 Å². The Bertz CT molecular complexity index is 513. The summed E-state index contributed by atoms with van der Waals surface area (Å²) >= 11 is 0. The van der Waals surface area contributed by atoms with Gasteiger partial charge in [-0.3, -0.25) is 9.59 Å². The molecule has 0 heterocycles. The highest BCUT2D eigenvalue weighted by atomic mass is 19.1. The molecule has 18 heavy (non-hydrogen) atoms. The van der Waals surface area contributed by atoms with Crippen LogP contribution in [-0.2, 0) is 9.59 Å². The molecule has 1 aliphatic rings. The number of carboxylic acid groups (broad SMARTS) is 1. The maximum Gasteiger partial charge on any atom is 0.307 e. The number of carbonyl (C=O) groups excluding carboxylic acids is 1. The monoisotopic (exact) mass is 251 g/mol. The van der Waals surface area contributed by atoms with Crippen LogP contribution in [-0.4, -0.2) is 17.0 Å². The quantitative estimate of drug-likeness (QED) is 0.864. The number of hydrogen-bond acceptors (Lipinski definition) is 2. The maximum atomic E-state index is 13.4. The number of carbonyl (C=O) groups is 2. The van der Waals surface area contributed by atoms with Crippen molar-refractivity contribution in [2.75, 3.05) is 5.32 Å². The summed E-state index contributed by atoms with van der Waals surface area (Å²) in [6.07, 6.45) is 0. The van der Waals surface area contributed by atoms with E-state index in [4.69, 9.17) is 5.11 Å². The van der Waals surface area contributed by atoms with E-state index in [0.717, 1.165) is 0 Å². The van der Waals surface area contributed by atoms with Crippen molar-refractivity contribution in [1.29, 1.82) is 0 Å². The topological polar surface area (TPSA) is 66.4 Å². The fraction of sp³-hybridized carbons (Fsp3) is 0.385. The normalized spacial score (nSPS) is 24.4. The molecule has 96 valence electrons. The predicted molar refractivity (Wildman–Crippen MR) is 63.4 cm³/mol. The van der Waals surface area contributed by atoms with E-state index in [1.165, 1.54) is 18.2 Å². The lowest BCUT2D eigenvalue weighted by Gasteiger charge is -2.06. The second-order valence-corrected chi connectivity index (χ2v) is 5.08. The van der Waals surface area contributed by atoms with Crippen molar-refractivity contribution in [3.8, 4) is 0 Å². The molecule has 2 rings (SSSR count). The van der Waals surface area contributed by atoms with E-state index in [0.29, 0.717) is 0 Å². The molecular formula is C13H14FNO3. The van der Waals surface area contributed by atoms with Gasteiger partial charge in [-0.15, -0.1) is 0 Å². The van der Waals surface area contributed by atoms with Crippen LogP contribution in [0.3, 0.4) is 0 Å². The van der Waals surface area contributed by atoms with Crippen LogP contribution >= 0.6 is 0 Å². The number of aliphatic carboxylic acids is 1. The summed E-state index contributed by atoms with van der Waals surface area (Å²) in [4.78, 5) is 22.9. The highest BCUT2D eigenvalue weighted by molar-refractivity contribution is 5.99. The molecule has 1 aromatic carbocycles. The molecule has 1 aromatic rings. The molecule has 0 spiro atoms. The predicted octanol–water partition coefficient (Wildman–Crippen LogP) is 2.12. The summed E-state index contributed by atoms with van der Waals surface area (Å²) in [6.45, 7) is 3.44. The van der Waals surface area contributed by atoms with Crippen LogP contribution in [0.5, 0.6) is 0 Å². The largest absolute Gasteiger partial charge is 0.481 e. The van der Waals surface area contributed by atoms with E-state index in [-0.39, 0.29) is 5.69 Å². The second kappa shape index (κ2) is 4.08. The fourth-order valence-corrected chi connectivity index (χ4v) is 2.36. The number of amides is 1. The minimum Gasteiger partial charge on any atom is -0.481 e. The third-order valence-electron chi connectivity index (χ3n) is 3.51. The lowest BCUT2D eigenvalue weighted by molar-refractivity contribution is -0.140. The molecule has 2 N–H and O–H groups in total. The number of para-hydroxylation sites is 1. The molecule has 0 aromatic heterocycles. The maximum absolute atomic E-state index is 13.4. The molecule has 0 radical (unpaired) electrons. The van der Waals surface area contributed by atoms with E-state index in [1.54, 1.807) is 19.9 Å². The molecule has 1 fully saturated rings. The third kappa shape index (κ3) is 1.96. The van der Waals surface area contributed by atoms with Crippen LogP contribution in [0.1, 0.15) is 13.8 Å². The van der Waals surface area contributed by atoms with Gasteiger partial charge in [0.2, 0.25) is 5.91 Å². The van der Waals surface area contributed by atoms with E-state index in [1.807, 2.05) is 0 Å². The molecule has 4 nitrogen and oxygen atoms in total. The lowest BCUT2D eigenvalue weighted by atomic mass is 10.1. The van der Waals surface area contributed by atoms with Crippen molar-refractivity contribution in [2.24, 2.45) is 17.3 Å². The summed E-state index contributed by atoms with van der Waals surface area (Å²) in [7, 11) is 0. The molecule has 0 aliphatic heterocycles. The van der Waals surface area contributed by atoms with Gasteiger partial charge in [0, 0.05) is 0 Å². The van der Waals surface area contributed by atoms with Gasteiger partial charge >= 0.3 is 5.97 Å². The number of benzene rings is 1. The van der Waals surface area contributed by atoms with Gasteiger partial charge in [0.05, 0.1) is 17.5 Å². The summed E-state index contributed by atoms with van der Waals surface area (Å²) in [6, 6.07) is 5.80. The summed E-state index contributed by atoms with van der Waals surface area (Å²) < 4.78 is 13.4. The van der Waals surface area contributed by atoms with Crippen LogP contribution in [0, 0.1) is 23.1 Å². The van der Waals surface area contributed by atoms with Crippen LogP contribution in [0.4, 0.5) is 10.1 Å². The first-order valence-corrected chi connectivity index (χ1v) is 5.64. The molecule has 0 unspecified atom stereocenters. The third-order valence-corrected chi connectivity index (χ3v) is 3.51. The molecular weight excluding hydrogens is 237 g/mol. The average molecular weight is 251 g/mol. The SMILES string of the molecule is CC1(C)[C@H](C(=O)O)[C@@H]1C(=O)Nc1ccccc1F. The molecule has 1 saturated carbocycles. The van der Waals surface area contributed by atoms with Gasteiger partial charge in [0.1, 0.15) is 5.82 Å². The number of halogens is 1. The van der Waals surface area contributed by atoms with Crippen molar-refractivity contribution in [2.45, 2.75) is 13.8 Å². The first kappa shape index (κ1) is 12.5. The molecule has 5 heteroatoms. The van der Waals surface area contributed by atoms with Gasteiger partial charge in [-0.25, -0.2) is 4.39 Å². The zero-order chi connectivity index (χ0) is 13.5. The van der Waals surface area contributed by atoms with Crippen LogP contribution < -0.4 is 5.32 Å². The highest BCUT2D eigenvalue weighted by Gasteiger charge is 2.65. The van der Waals surface area contributed by atoms with Gasteiger partial charge in [0.25, 0.3) is 0 Å². The van der Waals surface area contributed by atoms with Crippen molar-refractivity contribution >= 4 is 17.6 Å². The smallest absolute Gasteiger partial charge is 0.307 e. The first-order chi connectivity index (χ1) is 8.35. The number of nitrogens with one attached hydrogen (secondary N) is 1. The fourth-order valence-electron chi connectivity index (χ4n) is 2.36. The van der Waals surface area contributed by atoms with E-state index < -0.39 is 34.9 Å². The Hall–Kier alpha value is -1.91. The molecule has 2 atom stereocenters. The Kier molecular flexibility index (Phi) is 2.84. The zero-order valence-electron chi connectivity index (χ0n) is 10.1. The zero-order valence-corrected chi connectivity index (χ0v) is 10.1. The van der Waals surface area contributed by atoms with Gasteiger partial charge in [-0.1, -0.05) is 26.0 Å². The summed E-state index contributed by atoms with van der Waals surface area (Å²) in [5.74, 6) is -3.29. The Morgan fingerprint density at radius 2 is 1.89 bits per heavy atom. The second-order valence-electron chi connectivity index (χ2n) is 5.08. The summed E-state index contributed by atoms with van der Waals surface area (Å²) in [5.41, 5.74) is -0.504. The number of carboxylic acids is 1. The highest BCUT2D eigenvalue weighted by Crippen LogP contribution is 2.58. The number of rotatable bonds is 3. The van der Waals surface area contributed by atoms with Crippen LogP contribution in [0.15, 0.2) is 24.3 Å². The van der Waals surface area contributed by atoms with E-state index >= 15 is 0 Å². The van der Waals surface area contributed by atoms with Crippen molar-refractivity contribution < 1.29 is 19.1 Å². The van der Waals surface area contributed by atoms with E-state index in [9.17, 15) is 14.0 Å². The number of anilines is 1. The minimum absolute atomic E-state index is 0.0781. The van der Waals surface area contributed by atoms with E-state index in [2.05, 4.69) is 5.32 Å². The Morgan fingerprint density at radius 1 is 1.28 bits per heavy atom. The minimum atomic E-state index is -0.992. The van der Waals surface area contributed by atoms with Crippen LogP contribution in [0.25, 0.3) is 0 Å². The molecule has 1 amide bonds. The molecule has 0 saturated heterocycles.